The second kappa shape index (κ2) is 12.7. The summed E-state index contributed by atoms with van der Waals surface area (Å²) in [5.74, 6) is -0.783. The van der Waals surface area contributed by atoms with Crippen LogP contribution in [0, 0.1) is 0 Å². The van der Waals surface area contributed by atoms with Crippen molar-refractivity contribution in [2.45, 2.75) is 22.8 Å². The SMILES string of the molecule is COc1c(NCC(=O)Nc2ccccc2C(=O)NC(C)c2ccccc2)cc(Cl)cc1S(=O)(=O)c1ccccc1. The summed E-state index contributed by atoms with van der Waals surface area (Å²) in [6.45, 7) is 1.63. The highest BCUT2D eigenvalue weighted by atomic mass is 35.5. The molecule has 8 nitrogen and oxygen atoms in total. The summed E-state index contributed by atoms with van der Waals surface area (Å²) in [7, 11) is -2.62. The van der Waals surface area contributed by atoms with Crippen molar-refractivity contribution >= 4 is 44.6 Å². The van der Waals surface area contributed by atoms with Crippen LogP contribution in [0.15, 0.2) is 107 Å². The number of carbonyl (C=O) groups is 2. The molecule has 3 N–H and O–H groups in total. The van der Waals surface area contributed by atoms with E-state index in [1.807, 2.05) is 37.3 Å². The Morgan fingerprint density at radius 2 is 1.50 bits per heavy atom. The number of hydrogen-bond acceptors (Lipinski definition) is 6. The predicted octanol–water partition coefficient (Wildman–Crippen LogP) is 5.72. The van der Waals surface area contributed by atoms with Crippen molar-refractivity contribution in [2.24, 2.45) is 0 Å². The Hall–Kier alpha value is -4.34. The average molecular weight is 578 g/mol. The van der Waals surface area contributed by atoms with E-state index in [0.717, 1.165) is 5.56 Å². The van der Waals surface area contributed by atoms with Crippen LogP contribution in [0.25, 0.3) is 0 Å². The van der Waals surface area contributed by atoms with Crippen LogP contribution in [0.5, 0.6) is 5.75 Å². The predicted molar refractivity (Wildman–Crippen MR) is 156 cm³/mol. The molecular formula is C30H28ClN3O5S. The van der Waals surface area contributed by atoms with Crippen molar-refractivity contribution < 1.29 is 22.7 Å². The zero-order chi connectivity index (χ0) is 28.7. The molecule has 0 saturated heterocycles. The number of benzene rings is 4. The Morgan fingerprint density at radius 1 is 0.875 bits per heavy atom. The lowest BCUT2D eigenvalue weighted by molar-refractivity contribution is -0.114. The Kier molecular flexibility index (Phi) is 9.08. The number of methoxy groups -OCH3 is 1. The largest absolute Gasteiger partial charge is 0.493 e. The van der Waals surface area contributed by atoms with Gasteiger partial charge in [0.25, 0.3) is 5.91 Å². The number of para-hydroxylation sites is 1. The molecule has 10 heteroatoms. The molecule has 0 aliphatic carbocycles. The highest BCUT2D eigenvalue weighted by Gasteiger charge is 2.25. The summed E-state index contributed by atoms with van der Waals surface area (Å²) >= 11 is 6.25. The first-order chi connectivity index (χ1) is 19.2. The van der Waals surface area contributed by atoms with Crippen molar-refractivity contribution in [3.05, 3.63) is 113 Å². The molecule has 206 valence electrons. The lowest BCUT2D eigenvalue weighted by atomic mass is 10.1. The van der Waals surface area contributed by atoms with Crippen molar-refractivity contribution in [3.63, 3.8) is 0 Å². The Morgan fingerprint density at radius 3 is 2.17 bits per heavy atom. The summed E-state index contributed by atoms with van der Waals surface area (Å²) in [6.07, 6.45) is 0. The maximum Gasteiger partial charge on any atom is 0.253 e. The van der Waals surface area contributed by atoms with Crippen LogP contribution in [0.1, 0.15) is 28.9 Å². The van der Waals surface area contributed by atoms with Gasteiger partial charge in [-0.15, -0.1) is 0 Å². The molecule has 0 radical (unpaired) electrons. The molecule has 4 rings (SSSR count). The molecule has 1 unspecified atom stereocenters. The number of amides is 2. The number of ether oxygens (including phenoxy) is 1. The quantitative estimate of drug-likeness (QED) is 0.222. The summed E-state index contributed by atoms with van der Waals surface area (Å²) in [5, 5.41) is 8.74. The molecule has 0 heterocycles. The number of carbonyl (C=O) groups excluding carboxylic acids is 2. The number of rotatable bonds is 10. The van der Waals surface area contributed by atoms with Gasteiger partial charge in [-0.05, 0) is 48.9 Å². The van der Waals surface area contributed by atoms with E-state index in [1.165, 1.54) is 31.4 Å². The first-order valence-electron chi connectivity index (χ1n) is 12.4. The molecule has 40 heavy (non-hydrogen) atoms. The smallest absolute Gasteiger partial charge is 0.253 e. The van der Waals surface area contributed by atoms with E-state index in [2.05, 4.69) is 16.0 Å². The summed E-state index contributed by atoms with van der Waals surface area (Å²) in [4.78, 5) is 25.9. The van der Waals surface area contributed by atoms with Gasteiger partial charge in [-0.25, -0.2) is 8.42 Å². The van der Waals surface area contributed by atoms with Crippen molar-refractivity contribution in [2.75, 3.05) is 24.3 Å². The van der Waals surface area contributed by atoms with Gasteiger partial charge in [-0.3, -0.25) is 9.59 Å². The van der Waals surface area contributed by atoms with Gasteiger partial charge in [0.05, 0.1) is 41.5 Å². The van der Waals surface area contributed by atoms with Crippen molar-refractivity contribution in [1.82, 2.24) is 5.32 Å². The van der Waals surface area contributed by atoms with Crippen molar-refractivity contribution in [3.8, 4) is 5.75 Å². The number of sulfone groups is 1. The molecule has 0 fully saturated rings. The van der Waals surface area contributed by atoms with Crippen LogP contribution in [0.2, 0.25) is 5.02 Å². The molecule has 0 aliphatic heterocycles. The van der Waals surface area contributed by atoms with E-state index < -0.39 is 15.7 Å². The highest BCUT2D eigenvalue weighted by Crippen LogP contribution is 2.38. The molecule has 4 aromatic carbocycles. The molecule has 0 aromatic heterocycles. The number of anilines is 2. The first-order valence-corrected chi connectivity index (χ1v) is 14.2. The molecule has 1 atom stereocenters. The maximum atomic E-state index is 13.3. The maximum absolute atomic E-state index is 13.3. The summed E-state index contributed by atoms with van der Waals surface area (Å²) in [5.41, 5.74) is 1.81. The number of hydrogen-bond donors (Lipinski definition) is 3. The Labute approximate surface area is 238 Å². The van der Waals surface area contributed by atoms with E-state index in [4.69, 9.17) is 16.3 Å². The zero-order valence-corrected chi connectivity index (χ0v) is 23.4. The van der Waals surface area contributed by atoms with Gasteiger partial charge >= 0.3 is 0 Å². The molecular weight excluding hydrogens is 550 g/mol. The second-order valence-corrected chi connectivity index (χ2v) is 11.2. The monoisotopic (exact) mass is 577 g/mol. The molecule has 2 amide bonds. The molecule has 0 bridgehead atoms. The first kappa shape index (κ1) is 28.7. The fourth-order valence-corrected chi connectivity index (χ4v) is 5.87. The zero-order valence-electron chi connectivity index (χ0n) is 21.8. The third kappa shape index (κ3) is 6.62. The molecule has 0 spiro atoms. The fourth-order valence-electron chi connectivity index (χ4n) is 4.10. The van der Waals surface area contributed by atoms with E-state index >= 15 is 0 Å². The van der Waals surface area contributed by atoms with Gasteiger partial charge in [0.15, 0.2) is 5.75 Å². The Bertz CT molecular complexity index is 1610. The fraction of sp³-hybridized carbons (Fsp3) is 0.133. The van der Waals surface area contributed by atoms with Crippen molar-refractivity contribution in [1.29, 1.82) is 0 Å². The van der Waals surface area contributed by atoms with Gasteiger partial charge < -0.3 is 20.7 Å². The molecule has 0 aliphatic rings. The van der Waals surface area contributed by atoms with E-state index in [1.54, 1.807) is 42.5 Å². The average Bonchev–Trinajstić information content (AvgIpc) is 2.97. The minimum absolute atomic E-state index is 0.0238. The van der Waals surface area contributed by atoms with Gasteiger partial charge in [-0.2, -0.15) is 0 Å². The number of nitrogens with one attached hydrogen (secondary N) is 3. The third-order valence-electron chi connectivity index (χ3n) is 6.10. The van der Waals surface area contributed by atoms with E-state index in [-0.39, 0.29) is 44.7 Å². The van der Waals surface area contributed by atoms with Crippen LogP contribution < -0.4 is 20.7 Å². The van der Waals surface area contributed by atoms with Crippen LogP contribution in [-0.4, -0.2) is 33.9 Å². The minimum Gasteiger partial charge on any atom is -0.493 e. The standard InChI is InChI=1S/C30H28ClN3O5S/c1-20(21-11-5-3-6-12-21)33-30(36)24-15-9-10-16-25(24)34-28(35)19-32-26-17-22(31)18-27(29(26)39-2)40(37,38)23-13-7-4-8-14-23/h3-18,20,32H,19H2,1-2H3,(H,33,36)(H,34,35). The van der Waals surface area contributed by atoms with Crippen LogP contribution in [-0.2, 0) is 14.6 Å². The van der Waals surface area contributed by atoms with Gasteiger partial charge in [0, 0.05) is 5.02 Å². The van der Waals surface area contributed by atoms with Crippen LogP contribution in [0.4, 0.5) is 11.4 Å². The third-order valence-corrected chi connectivity index (χ3v) is 8.09. The number of halogens is 1. The summed E-state index contributed by atoms with van der Waals surface area (Å²) < 4.78 is 32.0. The Balaban J connectivity index is 1.50. The van der Waals surface area contributed by atoms with Gasteiger partial charge in [0.2, 0.25) is 15.7 Å². The molecule has 4 aromatic rings. The van der Waals surface area contributed by atoms with Gasteiger partial charge in [-0.1, -0.05) is 72.3 Å². The van der Waals surface area contributed by atoms with Crippen LogP contribution in [0.3, 0.4) is 0 Å². The second-order valence-electron chi connectivity index (χ2n) is 8.85. The lowest BCUT2D eigenvalue weighted by Gasteiger charge is -2.17. The topological polar surface area (TPSA) is 114 Å². The van der Waals surface area contributed by atoms with Gasteiger partial charge in [0.1, 0.15) is 4.90 Å². The van der Waals surface area contributed by atoms with Crippen LogP contribution >= 0.6 is 11.6 Å². The summed E-state index contributed by atoms with van der Waals surface area (Å²) in [6, 6.07) is 26.7. The normalized spacial score (nSPS) is 11.8. The highest BCUT2D eigenvalue weighted by molar-refractivity contribution is 7.91. The minimum atomic E-state index is -3.95. The van der Waals surface area contributed by atoms with E-state index in [9.17, 15) is 18.0 Å². The molecule has 0 saturated carbocycles. The lowest BCUT2D eigenvalue weighted by Crippen LogP contribution is -2.29. The van der Waals surface area contributed by atoms with E-state index in [0.29, 0.717) is 11.3 Å².